The zero-order valence-electron chi connectivity index (χ0n) is 9.15. The maximum atomic E-state index is 3.97. The van der Waals surface area contributed by atoms with Crippen LogP contribution in [0.3, 0.4) is 0 Å². The van der Waals surface area contributed by atoms with E-state index in [0.717, 1.165) is 30.7 Å². The van der Waals surface area contributed by atoms with Crippen molar-refractivity contribution in [1.82, 2.24) is 0 Å². The third kappa shape index (κ3) is 5.12. The molecule has 0 aliphatic heterocycles. The second-order valence-electron chi connectivity index (χ2n) is 3.56. The molecule has 0 rings (SSSR count). The van der Waals surface area contributed by atoms with Crippen LogP contribution in [0.2, 0.25) is 0 Å². The van der Waals surface area contributed by atoms with Gasteiger partial charge in [0.25, 0.3) is 0 Å². The lowest BCUT2D eigenvalue weighted by molar-refractivity contribution is -0.915. The Morgan fingerprint density at radius 1 is 1.31 bits per heavy atom. The second-order valence-corrected chi connectivity index (χ2v) is 3.56. The Balaban J connectivity index is 0. The van der Waals surface area contributed by atoms with Crippen molar-refractivity contribution in [1.29, 1.82) is 0 Å². The van der Waals surface area contributed by atoms with E-state index in [-0.39, 0.29) is 12.4 Å². The van der Waals surface area contributed by atoms with Crippen LogP contribution < -0.4 is 12.4 Å². The molecule has 0 amide bonds. The molecule has 0 atom stereocenters. The molecular formula is C11H22ClN. The van der Waals surface area contributed by atoms with Crippen LogP contribution in [0, 0.1) is 0 Å². The van der Waals surface area contributed by atoms with Crippen molar-refractivity contribution in [3.63, 3.8) is 0 Å². The molecule has 0 heterocycles. The Hall–Kier alpha value is -0.270. The van der Waals surface area contributed by atoms with E-state index in [1.54, 1.807) is 0 Å². The highest BCUT2D eigenvalue weighted by molar-refractivity contribution is 4.88. The number of rotatable bonds is 6. The van der Waals surface area contributed by atoms with Gasteiger partial charge < -0.3 is 16.9 Å². The van der Waals surface area contributed by atoms with E-state index in [9.17, 15) is 0 Å². The summed E-state index contributed by atoms with van der Waals surface area (Å²) in [6.07, 6.45) is 2.01. The van der Waals surface area contributed by atoms with Gasteiger partial charge in [-0.25, -0.2) is 0 Å². The number of quaternary nitrogens is 1. The lowest BCUT2D eigenvalue weighted by Crippen LogP contribution is -3.00. The molecule has 13 heavy (non-hydrogen) atoms. The van der Waals surface area contributed by atoms with Crippen molar-refractivity contribution in [2.24, 2.45) is 0 Å². The summed E-state index contributed by atoms with van der Waals surface area (Å²) in [5, 5.41) is 0. The third-order valence-electron chi connectivity index (χ3n) is 2.46. The fourth-order valence-corrected chi connectivity index (χ4v) is 1.62. The Labute approximate surface area is 89.1 Å². The topological polar surface area (TPSA) is 0 Å². The number of halogens is 1. The van der Waals surface area contributed by atoms with E-state index in [1.165, 1.54) is 5.57 Å². The van der Waals surface area contributed by atoms with Gasteiger partial charge in [0.05, 0.1) is 26.2 Å². The molecule has 1 nitrogen and oxygen atoms in total. The molecule has 0 aromatic carbocycles. The summed E-state index contributed by atoms with van der Waals surface area (Å²) >= 11 is 0. The van der Waals surface area contributed by atoms with Crippen molar-refractivity contribution >= 4 is 0 Å². The minimum absolute atomic E-state index is 0. The predicted octanol–water partition coefficient (Wildman–Crippen LogP) is -0.391. The van der Waals surface area contributed by atoms with Gasteiger partial charge in [-0.15, -0.1) is 0 Å². The fraction of sp³-hybridized carbons (Fsp3) is 0.636. The smallest absolute Gasteiger partial charge is 0.1000 e. The fourth-order valence-electron chi connectivity index (χ4n) is 1.62. The van der Waals surface area contributed by atoms with Crippen molar-refractivity contribution in [3.8, 4) is 0 Å². The van der Waals surface area contributed by atoms with Crippen molar-refractivity contribution < 1.29 is 16.9 Å². The molecule has 0 saturated heterocycles. The normalized spacial score (nSPS) is 10.4. The summed E-state index contributed by atoms with van der Waals surface area (Å²) in [5.41, 5.74) is 1.26. The largest absolute Gasteiger partial charge is 1.00 e. The first kappa shape index (κ1) is 15.2. The minimum atomic E-state index is 0. The SMILES string of the molecule is C=CC[N+](CC)(CC)CC(=C)C.[Cl-]. The van der Waals surface area contributed by atoms with Gasteiger partial charge >= 0.3 is 0 Å². The number of nitrogens with zero attached hydrogens (tertiary/aromatic N) is 1. The molecule has 0 N–H and O–H groups in total. The van der Waals surface area contributed by atoms with Crippen molar-refractivity contribution in [2.75, 3.05) is 26.2 Å². The highest BCUT2D eigenvalue weighted by Crippen LogP contribution is 2.09. The first-order chi connectivity index (χ1) is 5.60. The molecule has 0 fully saturated rings. The molecule has 0 aliphatic rings. The van der Waals surface area contributed by atoms with Gasteiger partial charge in [0.2, 0.25) is 0 Å². The van der Waals surface area contributed by atoms with Crippen LogP contribution in [-0.2, 0) is 0 Å². The van der Waals surface area contributed by atoms with E-state index >= 15 is 0 Å². The summed E-state index contributed by atoms with van der Waals surface area (Å²) in [5.74, 6) is 0. The van der Waals surface area contributed by atoms with Gasteiger partial charge in [-0.3, -0.25) is 0 Å². The van der Waals surface area contributed by atoms with Crippen LogP contribution in [0.5, 0.6) is 0 Å². The predicted molar refractivity (Wildman–Crippen MR) is 56.1 cm³/mol. The lowest BCUT2D eigenvalue weighted by Gasteiger charge is -2.36. The highest BCUT2D eigenvalue weighted by atomic mass is 35.5. The van der Waals surface area contributed by atoms with Crippen molar-refractivity contribution in [3.05, 3.63) is 24.8 Å². The standard InChI is InChI=1S/C11H22N.ClH/c1-6-9-12(7-2,8-3)10-11(4)5;/h6H,1,4,7-10H2,2-3,5H3;1H/q+1;/p-1. The van der Waals surface area contributed by atoms with E-state index < -0.39 is 0 Å². The van der Waals surface area contributed by atoms with Gasteiger partial charge in [-0.2, -0.15) is 0 Å². The van der Waals surface area contributed by atoms with Crippen LogP contribution in [0.25, 0.3) is 0 Å². The van der Waals surface area contributed by atoms with Crippen LogP contribution in [-0.4, -0.2) is 30.7 Å². The molecule has 78 valence electrons. The maximum Gasteiger partial charge on any atom is 0.1000 e. The maximum absolute atomic E-state index is 3.97. The number of hydrogen-bond acceptors (Lipinski definition) is 0. The molecule has 0 radical (unpaired) electrons. The Morgan fingerprint density at radius 2 is 1.77 bits per heavy atom. The first-order valence-corrected chi connectivity index (χ1v) is 4.70. The number of hydrogen-bond donors (Lipinski definition) is 0. The third-order valence-corrected chi connectivity index (χ3v) is 2.46. The summed E-state index contributed by atoms with van der Waals surface area (Å²) in [4.78, 5) is 0. The van der Waals surface area contributed by atoms with Gasteiger partial charge in [0.15, 0.2) is 0 Å². The average Bonchev–Trinajstić information content (AvgIpc) is 2.03. The molecule has 0 bridgehead atoms. The summed E-state index contributed by atoms with van der Waals surface area (Å²) in [7, 11) is 0. The number of likely N-dealkylation sites (N-methyl/N-ethyl adjacent to an activating group) is 1. The van der Waals surface area contributed by atoms with Crippen LogP contribution in [0.15, 0.2) is 24.8 Å². The van der Waals surface area contributed by atoms with Gasteiger partial charge in [-0.05, 0) is 32.4 Å². The van der Waals surface area contributed by atoms with E-state index in [0.29, 0.717) is 0 Å². The Bertz CT molecular complexity index is 159. The quantitative estimate of drug-likeness (QED) is 0.408. The Morgan fingerprint density at radius 3 is 2.00 bits per heavy atom. The molecule has 0 saturated carbocycles. The molecule has 0 spiro atoms. The highest BCUT2D eigenvalue weighted by Gasteiger charge is 2.20. The molecule has 0 aromatic rings. The zero-order chi connectivity index (χ0) is 9.61. The lowest BCUT2D eigenvalue weighted by atomic mass is 10.2. The molecule has 0 aromatic heterocycles. The van der Waals surface area contributed by atoms with Crippen LogP contribution >= 0.6 is 0 Å². The van der Waals surface area contributed by atoms with Crippen LogP contribution in [0.4, 0.5) is 0 Å². The van der Waals surface area contributed by atoms with Gasteiger partial charge in [0.1, 0.15) is 0 Å². The summed E-state index contributed by atoms with van der Waals surface area (Å²) < 4.78 is 1.10. The van der Waals surface area contributed by atoms with Gasteiger partial charge in [-0.1, -0.05) is 13.2 Å². The summed E-state index contributed by atoms with van der Waals surface area (Å²) in [6, 6.07) is 0. The summed E-state index contributed by atoms with van der Waals surface area (Å²) in [6.45, 7) is 18.8. The second kappa shape index (κ2) is 7.16. The minimum Gasteiger partial charge on any atom is -1.00 e. The van der Waals surface area contributed by atoms with E-state index in [1.807, 2.05) is 6.08 Å². The average molecular weight is 204 g/mol. The monoisotopic (exact) mass is 203 g/mol. The molecule has 0 unspecified atom stereocenters. The zero-order valence-corrected chi connectivity index (χ0v) is 9.90. The first-order valence-electron chi connectivity index (χ1n) is 4.70. The van der Waals surface area contributed by atoms with Crippen LogP contribution in [0.1, 0.15) is 20.8 Å². The molecular weight excluding hydrogens is 182 g/mol. The molecule has 0 aliphatic carbocycles. The molecule has 2 heteroatoms. The van der Waals surface area contributed by atoms with E-state index in [2.05, 4.69) is 33.9 Å². The van der Waals surface area contributed by atoms with E-state index in [4.69, 9.17) is 0 Å². The Kier molecular flexibility index (Phi) is 8.38. The van der Waals surface area contributed by atoms with Crippen molar-refractivity contribution in [2.45, 2.75) is 20.8 Å². The van der Waals surface area contributed by atoms with Gasteiger partial charge in [0, 0.05) is 0 Å².